The van der Waals surface area contributed by atoms with Crippen LogP contribution in [0.5, 0.6) is 0 Å². The minimum Gasteiger partial charge on any atom is -0.481 e. The molecule has 2 atom stereocenters. The maximum absolute atomic E-state index is 12.1. The van der Waals surface area contributed by atoms with Crippen molar-refractivity contribution in [3.05, 3.63) is 0 Å². The Morgan fingerprint density at radius 2 is 1.68 bits per heavy atom. The predicted molar refractivity (Wildman–Crippen MR) is 69.6 cm³/mol. The van der Waals surface area contributed by atoms with Crippen LogP contribution in [0.3, 0.4) is 0 Å². The molecule has 0 spiro atoms. The Morgan fingerprint density at radius 3 is 2.32 bits per heavy atom. The molecule has 0 radical (unpaired) electrons. The van der Waals surface area contributed by atoms with Crippen LogP contribution < -0.4 is 5.32 Å². The molecule has 2 aliphatic rings. The lowest BCUT2D eigenvalue weighted by molar-refractivity contribution is -0.149. The van der Waals surface area contributed by atoms with Crippen LogP contribution in [0.4, 0.5) is 0 Å². The van der Waals surface area contributed by atoms with Gasteiger partial charge in [0.1, 0.15) is 0 Å². The number of carboxylic acid groups (broad SMARTS) is 1. The van der Waals surface area contributed by atoms with E-state index in [2.05, 4.69) is 5.32 Å². The molecule has 1 saturated heterocycles. The topological polar surface area (TPSA) is 75.6 Å². The number of hydrogen-bond donors (Lipinski definition) is 2. The predicted octanol–water partition coefficient (Wildman–Crippen LogP) is 1.42. The first kappa shape index (κ1) is 14.3. The normalized spacial score (nSPS) is 28.8. The highest BCUT2D eigenvalue weighted by atomic mass is 16.5. The molecule has 0 bridgehead atoms. The van der Waals surface area contributed by atoms with Gasteiger partial charge in [-0.15, -0.1) is 0 Å². The van der Waals surface area contributed by atoms with E-state index in [0.717, 1.165) is 38.9 Å². The molecule has 0 unspecified atom stereocenters. The number of carboxylic acids is 1. The molecule has 0 aromatic rings. The zero-order chi connectivity index (χ0) is 13.7. The SMILES string of the molecule is O=C(O)[C@H]1CCCC[C@H]1C(=O)NCC1CCOCC1. The molecule has 5 nitrogen and oxygen atoms in total. The van der Waals surface area contributed by atoms with Gasteiger partial charge in [-0.2, -0.15) is 0 Å². The van der Waals surface area contributed by atoms with Gasteiger partial charge >= 0.3 is 5.97 Å². The number of aliphatic carboxylic acids is 1. The summed E-state index contributed by atoms with van der Waals surface area (Å²) in [6.45, 7) is 2.19. The Hall–Kier alpha value is -1.10. The van der Waals surface area contributed by atoms with Crippen LogP contribution in [0.25, 0.3) is 0 Å². The molecule has 1 amide bonds. The molecule has 0 aromatic carbocycles. The van der Waals surface area contributed by atoms with Gasteiger partial charge in [-0.1, -0.05) is 12.8 Å². The third-order valence-electron chi connectivity index (χ3n) is 4.33. The molecule has 1 heterocycles. The molecule has 2 fully saturated rings. The van der Waals surface area contributed by atoms with E-state index < -0.39 is 11.9 Å². The quantitative estimate of drug-likeness (QED) is 0.809. The van der Waals surface area contributed by atoms with Gasteiger partial charge in [0.2, 0.25) is 5.91 Å². The van der Waals surface area contributed by atoms with Crippen molar-refractivity contribution in [3.63, 3.8) is 0 Å². The lowest BCUT2D eigenvalue weighted by Gasteiger charge is -2.29. The highest BCUT2D eigenvalue weighted by Crippen LogP contribution is 2.30. The first-order valence-corrected chi connectivity index (χ1v) is 7.26. The second-order valence-corrected chi connectivity index (χ2v) is 5.64. The number of amides is 1. The summed E-state index contributed by atoms with van der Waals surface area (Å²) < 4.78 is 5.28. The first-order valence-electron chi connectivity index (χ1n) is 7.26. The third-order valence-corrected chi connectivity index (χ3v) is 4.33. The van der Waals surface area contributed by atoms with E-state index in [1.54, 1.807) is 0 Å². The van der Waals surface area contributed by atoms with E-state index in [1.807, 2.05) is 0 Å². The number of hydrogen-bond acceptors (Lipinski definition) is 3. The highest BCUT2D eigenvalue weighted by molar-refractivity contribution is 5.84. The number of ether oxygens (including phenoxy) is 1. The van der Waals surface area contributed by atoms with Crippen LogP contribution in [-0.2, 0) is 14.3 Å². The van der Waals surface area contributed by atoms with E-state index in [1.165, 1.54) is 0 Å². The van der Waals surface area contributed by atoms with Crippen molar-refractivity contribution < 1.29 is 19.4 Å². The zero-order valence-corrected chi connectivity index (χ0v) is 11.3. The molecular weight excluding hydrogens is 246 g/mol. The van der Waals surface area contributed by atoms with Crippen molar-refractivity contribution in [2.24, 2.45) is 17.8 Å². The maximum Gasteiger partial charge on any atom is 0.307 e. The Balaban J connectivity index is 1.81. The Bertz CT molecular complexity index is 325. The van der Waals surface area contributed by atoms with Gasteiger partial charge in [-0.05, 0) is 31.6 Å². The Morgan fingerprint density at radius 1 is 1.05 bits per heavy atom. The van der Waals surface area contributed by atoms with Crippen molar-refractivity contribution >= 4 is 11.9 Å². The average molecular weight is 269 g/mol. The molecule has 5 heteroatoms. The molecule has 1 aliphatic carbocycles. The van der Waals surface area contributed by atoms with Gasteiger partial charge in [-0.25, -0.2) is 0 Å². The summed E-state index contributed by atoms with van der Waals surface area (Å²) in [6.07, 6.45) is 5.17. The number of nitrogens with one attached hydrogen (secondary N) is 1. The maximum atomic E-state index is 12.1. The summed E-state index contributed by atoms with van der Waals surface area (Å²) in [5.74, 6) is -1.26. The number of carbonyl (C=O) groups excluding carboxylic acids is 1. The van der Waals surface area contributed by atoms with Gasteiger partial charge in [-0.3, -0.25) is 9.59 Å². The van der Waals surface area contributed by atoms with Crippen LogP contribution in [0.15, 0.2) is 0 Å². The fourth-order valence-corrected chi connectivity index (χ4v) is 3.07. The van der Waals surface area contributed by atoms with E-state index in [-0.39, 0.29) is 11.8 Å². The van der Waals surface area contributed by atoms with Gasteiger partial charge in [0, 0.05) is 19.8 Å². The second-order valence-electron chi connectivity index (χ2n) is 5.64. The number of carbonyl (C=O) groups is 2. The molecule has 108 valence electrons. The summed E-state index contributed by atoms with van der Waals surface area (Å²) in [4.78, 5) is 23.3. The molecule has 1 aliphatic heterocycles. The lowest BCUT2D eigenvalue weighted by atomic mass is 9.78. The fourth-order valence-electron chi connectivity index (χ4n) is 3.07. The van der Waals surface area contributed by atoms with E-state index in [9.17, 15) is 14.7 Å². The Labute approximate surface area is 113 Å². The third kappa shape index (κ3) is 3.93. The monoisotopic (exact) mass is 269 g/mol. The van der Waals surface area contributed by atoms with Crippen LogP contribution in [0, 0.1) is 17.8 Å². The summed E-state index contributed by atoms with van der Waals surface area (Å²) in [5.41, 5.74) is 0. The molecule has 1 saturated carbocycles. The van der Waals surface area contributed by atoms with Crippen LogP contribution in [0.1, 0.15) is 38.5 Å². The summed E-state index contributed by atoms with van der Waals surface area (Å²) in [7, 11) is 0. The summed E-state index contributed by atoms with van der Waals surface area (Å²) in [5, 5.41) is 12.1. The van der Waals surface area contributed by atoms with Gasteiger partial charge in [0.15, 0.2) is 0 Å². The van der Waals surface area contributed by atoms with Crippen molar-refractivity contribution in [3.8, 4) is 0 Å². The Kier molecular flexibility index (Phi) is 5.19. The average Bonchev–Trinajstić information content (AvgIpc) is 2.46. The van der Waals surface area contributed by atoms with Crippen molar-refractivity contribution in [2.45, 2.75) is 38.5 Å². The van der Waals surface area contributed by atoms with Gasteiger partial charge < -0.3 is 15.2 Å². The van der Waals surface area contributed by atoms with Crippen LogP contribution in [0.2, 0.25) is 0 Å². The van der Waals surface area contributed by atoms with E-state index in [4.69, 9.17) is 4.74 Å². The van der Waals surface area contributed by atoms with Gasteiger partial charge in [0.05, 0.1) is 11.8 Å². The molecule has 2 N–H and O–H groups in total. The molecule has 2 rings (SSSR count). The summed E-state index contributed by atoms with van der Waals surface area (Å²) >= 11 is 0. The second kappa shape index (κ2) is 6.89. The minimum atomic E-state index is -0.828. The molecule has 0 aromatic heterocycles. The minimum absolute atomic E-state index is 0.0707. The molecule has 19 heavy (non-hydrogen) atoms. The number of rotatable bonds is 4. The van der Waals surface area contributed by atoms with E-state index >= 15 is 0 Å². The largest absolute Gasteiger partial charge is 0.481 e. The zero-order valence-electron chi connectivity index (χ0n) is 11.3. The standard InChI is InChI=1S/C14H23NO4/c16-13(15-9-10-5-7-19-8-6-10)11-3-1-2-4-12(11)14(17)18/h10-12H,1-9H2,(H,15,16)(H,17,18)/t11-,12+/m1/s1. The van der Waals surface area contributed by atoms with Crippen molar-refractivity contribution in [2.75, 3.05) is 19.8 Å². The van der Waals surface area contributed by atoms with Crippen molar-refractivity contribution in [1.82, 2.24) is 5.32 Å². The van der Waals surface area contributed by atoms with E-state index in [0.29, 0.717) is 25.3 Å². The van der Waals surface area contributed by atoms with Crippen molar-refractivity contribution in [1.29, 1.82) is 0 Å². The molecular formula is C14H23NO4. The summed E-state index contributed by atoms with van der Waals surface area (Å²) in [6, 6.07) is 0. The van der Waals surface area contributed by atoms with Crippen LogP contribution >= 0.6 is 0 Å². The van der Waals surface area contributed by atoms with Crippen LogP contribution in [-0.4, -0.2) is 36.7 Å². The lowest BCUT2D eigenvalue weighted by Crippen LogP contribution is -2.42. The fraction of sp³-hybridized carbons (Fsp3) is 0.857. The highest BCUT2D eigenvalue weighted by Gasteiger charge is 2.35. The first-order chi connectivity index (χ1) is 9.18. The van der Waals surface area contributed by atoms with Gasteiger partial charge in [0.25, 0.3) is 0 Å². The smallest absolute Gasteiger partial charge is 0.307 e.